The van der Waals surface area contributed by atoms with Gasteiger partial charge >= 0.3 is 6.03 Å². The molecule has 0 aliphatic carbocycles. The van der Waals surface area contributed by atoms with Crippen LogP contribution in [0.1, 0.15) is 110 Å². The second kappa shape index (κ2) is 19.3. The molecule has 0 aliphatic rings. The highest BCUT2D eigenvalue weighted by Gasteiger charge is 1.97. The Bertz CT molecular complexity index is 244. The Labute approximate surface area is 145 Å². The SMILES string of the molecule is CCCCCCCCCCCCCCCCNC(=O)NCCC. The van der Waals surface area contributed by atoms with Crippen LogP contribution >= 0.6 is 0 Å². The number of urea groups is 1. The van der Waals surface area contributed by atoms with E-state index < -0.39 is 0 Å². The molecule has 0 atom stereocenters. The summed E-state index contributed by atoms with van der Waals surface area (Å²) in [5, 5.41) is 5.74. The van der Waals surface area contributed by atoms with Gasteiger partial charge in [0, 0.05) is 13.1 Å². The average molecular weight is 327 g/mol. The van der Waals surface area contributed by atoms with E-state index in [1.165, 1.54) is 83.5 Å². The molecule has 0 aromatic carbocycles. The monoisotopic (exact) mass is 326 g/mol. The summed E-state index contributed by atoms with van der Waals surface area (Å²) < 4.78 is 0. The molecule has 0 aliphatic heterocycles. The normalized spacial score (nSPS) is 10.7. The molecule has 23 heavy (non-hydrogen) atoms. The van der Waals surface area contributed by atoms with Crippen LogP contribution in [0.15, 0.2) is 0 Å². The fourth-order valence-corrected chi connectivity index (χ4v) is 2.82. The second-order valence-electron chi connectivity index (χ2n) is 6.78. The maximum atomic E-state index is 11.3. The van der Waals surface area contributed by atoms with Gasteiger partial charge in [-0.15, -0.1) is 0 Å². The van der Waals surface area contributed by atoms with Crippen LogP contribution in [0, 0.1) is 0 Å². The van der Waals surface area contributed by atoms with Crippen molar-refractivity contribution in [2.45, 2.75) is 110 Å². The molecule has 0 radical (unpaired) electrons. The van der Waals surface area contributed by atoms with Gasteiger partial charge in [-0.2, -0.15) is 0 Å². The van der Waals surface area contributed by atoms with Crippen molar-refractivity contribution in [2.24, 2.45) is 0 Å². The van der Waals surface area contributed by atoms with Gasteiger partial charge < -0.3 is 10.6 Å². The first-order valence-corrected chi connectivity index (χ1v) is 10.3. The third-order valence-electron chi connectivity index (χ3n) is 4.35. The Hall–Kier alpha value is -0.730. The highest BCUT2D eigenvalue weighted by molar-refractivity contribution is 5.73. The summed E-state index contributed by atoms with van der Waals surface area (Å²) in [5.74, 6) is 0. The number of nitrogens with one attached hydrogen (secondary N) is 2. The first-order chi connectivity index (χ1) is 11.3. The zero-order valence-electron chi connectivity index (χ0n) is 15.9. The average Bonchev–Trinajstić information content (AvgIpc) is 2.56. The van der Waals surface area contributed by atoms with Gasteiger partial charge in [-0.3, -0.25) is 0 Å². The standard InChI is InChI=1S/C20H42N2O/c1-3-5-6-7-8-9-10-11-12-13-14-15-16-17-19-22-20(23)21-18-4-2/h3-19H2,1-2H3,(H2,21,22,23). The number of amides is 2. The molecule has 2 amide bonds. The summed E-state index contributed by atoms with van der Waals surface area (Å²) in [6, 6.07) is -0.0125. The van der Waals surface area contributed by atoms with E-state index in [1.54, 1.807) is 0 Å². The minimum absolute atomic E-state index is 0.0125. The van der Waals surface area contributed by atoms with Crippen LogP contribution < -0.4 is 10.6 Å². The smallest absolute Gasteiger partial charge is 0.314 e. The molecule has 0 aromatic heterocycles. The largest absolute Gasteiger partial charge is 0.338 e. The van der Waals surface area contributed by atoms with Gasteiger partial charge in [0.15, 0.2) is 0 Å². The summed E-state index contributed by atoms with van der Waals surface area (Å²) >= 11 is 0. The topological polar surface area (TPSA) is 41.1 Å². The lowest BCUT2D eigenvalue weighted by Crippen LogP contribution is -2.36. The zero-order chi connectivity index (χ0) is 17.0. The van der Waals surface area contributed by atoms with Crippen molar-refractivity contribution in [3.63, 3.8) is 0 Å². The van der Waals surface area contributed by atoms with E-state index in [9.17, 15) is 4.79 Å². The molecule has 3 nitrogen and oxygen atoms in total. The van der Waals surface area contributed by atoms with Crippen molar-refractivity contribution in [1.82, 2.24) is 10.6 Å². The van der Waals surface area contributed by atoms with Crippen molar-refractivity contribution in [3.8, 4) is 0 Å². The molecule has 0 unspecified atom stereocenters. The molecular weight excluding hydrogens is 284 g/mol. The lowest BCUT2D eigenvalue weighted by molar-refractivity contribution is 0.240. The van der Waals surface area contributed by atoms with Crippen LogP contribution in [0.4, 0.5) is 4.79 Å². The molecule has 2 N–H and O–H groups in total. The maximum absolute atomic E-state index is 11.3. The van der Waals surface area contributed by atoms with Gasteiger partial charge in [-0.1, -0.05) is 97.3 Å². The van der Waals surface area contributed by atoms with Crippen molar-refractivity contribution >= 4 is 6.03 Å². The Morgan fingerprint density at radius 1 is 0.522 bits per heavy atom. The predicted octanol–water partition coefficient (Wildman–Crippen LogP) is 6.18. The van der Waals surface area contributed by atoms with Crippen LogP contribution in [0.25, 0.3) is 0 Å². The molecule has 0 heterocycles. The zero-order valence-corrected chi connectivity index (χ0v) is 15.9. The van der Waals surface area contributed by atoms with Gasteiger partial charge in [0.25, 0.3) is 0 Å². The second-order valence-corrected chi connectivity index (χ2v) is 6.78. The summed E-state index contributed by atoms with van der Waals surface area (Å²) in [5.41, 5.74) is 0. The van der Waals surface area contributed by atoms with Crippen LogP contribution in [0.5, 0.6) is 0 Å². The van der Waals surface area contributed by atoms with Crippen LogP contribution in [0.2, 0.25) is 0 Å². The Kier molecular flexibility index (Phi) is 18.7. The van der Waals surface area contributed by atoms with E-state index in [0.29, 0.717) is 0 Å². The highest BCUT2D eigenvalue weighted by atomic mass is 16.2. The van der Waals surface area contributed by atoms with Crippen molar-refractivity contribution < 1.29 is 4.79 Å². The van der Waals surface area contributed by atoms with Gasteiger partial charge in [0.2, 0.25) is 0 Å². The lowest BCUT2D eigenvalue weighted by Gasteiger charge is -2.06. The van der Waals surface area contributed by atoms with Crippen LogP contribution in [-0.4, -0.2) is 19.1 Å². The Morgan fingerprint density at radius 2 is 0.913 bits per heavy atom. The summed E-state index contributed by atoms with van der Waals surface area (Å²) in [6.07, 6.45) is 20.2. The molecular formula is C20H42N2O. The van der Waals surface area contributed by atoms with Gasteiger partial charge in [0.1, 0.15) is 0 Å². The predicted molar refractivity (Wildman–Crippen MR) is 102 cm³/mol. The molecule has 0 aromatic rings. The van der Waals surface area contributed by atoms with Crippen molar-refractivity contribution in [1.29, 1.82) is 0 Å². The first kappa shape index (κ1) is 22.3. The lowest BCUT2D eigenvalue weighted by atomic mass is 10.0. The minimum atomic E-state index is -0.0125. The molecule has 0 saturated carbocycles. The molecule has 138 valence electrons. The maximum Gasteiger partial charge on any atom is 0.314 e. The highest BCUT2D eigenvalue weighted by Crippen LogP contribution is 2.12. The minimum Gasteiger partial charge on any atom is -0.338 e. The third-order valence-corrected chi connectivity index (χ3v) is 4.35. The first-order valence-electron chi connectivity index (χ1n) is 10.3. The fourth-order valence-electron chi connectivity index (χ4n) is 2.82. The molecule has 0 spiro atoms. The summed E-state index contributed by atoms with van der Waals surface area (Å²) in [6.45, 7) is 5.92. The molecule has 0 saturated heterocycles. The van der Waals surface area contributed by atoms with Gasteiger partial charge in [0.05, 0.1) is 0 Å². The van der Waals surface area contributed by atoms with E-state index in [4.69, 9.17) is 0 Å². The van der Waals surface area contributed by atoms with Crippen LogP contribution in [-0.2, 0) is 0 Å². The number of carbonyl (C=O) groups excluding carboxylic acids is 1. The van der Waals surface area contributed by atoms with E-state index >= 15 is 0 Å². The quantitative estimate of drug-likeness (QED) is 0.308. The number of rotatable bonds is 17. The number of carbonyl (C=O) groups is 1. The van der Waals surface area contributed by atoms with E-state index in [-0.39, 0.29) is 6.03 Å². The summed E-state index contributed by atoms with van der Waals surface area (Å²) in [7, 11) is 0. The molecule has 0 fully saturated rings. The molecule has 0 bridgehead atoms. The molecule has 0 rings (SSSR count). The number of hydrogen-bond donors (Lipinski definition) is 2. The Balaban J connectivity index is 3.04. The van der Waals surface area contributed by atoms with E-state index in [1.807, 2.05) is 0 Å². The van der Waals surface area contributed by atoms with E-state index in [0.717, 1.165) is 25.9 Å². The molecule has 3 heteroatoms. The number of hydrogen-bond acceptors (Lipinski definition) is 1. The Morgan fingerprint density at radius 3 is 1.35 bits per heavy atom. The van der Waals surface area contributed by atoms with E-state index in [2.05, 4.69) is 24.5 Å². The fraction of sp³-hybridized carbons (Fsp3) is 0.950. The van der Waals surface area contributed by atoms with Crippen molar-refractivity contribution in [3.05, 3.63) is 0 Å². The van der Waals surface area contributed by atoms with Crippen LogP contribution in [0.3, 0.4) is 0 Å². The summed E-state index contributed by atoms with van der Waals surface area (Å²) in [4.78, 5) is 11.3. The third kappa shape index (κ3) is 19.2. The van der Waals surface area contributed by atoms with Crippen molar-refractivity contribution in [2.75, 3.05) is 13.1 Å². The van der Waals surface area contributed by atoms with Gasteiger partial charge in [-0.05, 0) is 12.8 Å². The van der Waals surface area contributed by atoms with Gasteiger partial charge in [-0.25, -0.2) is 4.79 Å². The number of unbranched alkanes of at least 4 members (excludes halogenated alkanes) is 13.